The second-order valence-electron chi connectivity index (χ2n) is 4.63. The highest BCUT2D eigenvalue weighted by molar-refractivity contribution is 7.15. The molecule has 2 aromatic rings. The Kier molecular flexibility index (Phi) is 4.38. The summed E-state index contributed by atoms with van der Waals surface area (Å²) in [6.45, 7) is 6.00. The Morgan fingerprint density at radius 3 is 3.00 bits per heavy atom. The van der Waals surface area contributed by atoms with E-state index in [1.54, 1.807) is 23.9 Å². The average molecular weight is 265 g/mol. The topological polar surface area (TPSA) is 41.3 Å². The molecule has 2 heterocycles. The zero-order valence-electron chi connectivity index (χ0n) is 11.0. The van der Waals surface area contributed by atoms with Crippen LogP contribution in [0.1, 0.15) is 24.3 Å². The Bertz CT molecular complexity index is 464. The van der Waals surface area contributed by atoms with Gasteiger partial charge in [-0.2, -0.15) is 0 Å². The van der Waals surface area contributed by atoms with E-state index in [9.17, 15) is 0 Å². The van der Waals surface area contributed by atoms with Crippen molar-refractivity contribution in [1.82, 2.24) is 10.3 Å². The van der Waals surface area contributed by atoms with Crippen molar-refractivity contribution in [3.05, 3.63) is 35.2 Å². The minimum absolute atomic E-state index is 0.499. The number of hydrogen-bond donors (Lipinski definition) is 1. The highest BCUT2D eigenvalue weighted by Gasteiger charge is 2.08. The number of furan rings is 1. The number of anilines is 1. The molecule has 0 saturated carbocycles. The number of nitrogens with zero attached hydrogens (tertiary/aromatic N) is 2. The van der Waals surface area contributed by atoms with Crippen LogP contribution in [0.4, 0.5) is 5.13 Å². The molecule has 0 unspecified atom stereocenters. The van der Waals surface area contributed by atoms with E-state index in [-0.39, 0.29) is 0 Å². The maximum absolute atomic E-state index is 5.07. The standard InChI is InChI=1S/C13H19N3OS/c1-10(2)14-6-12-7-15-13(18-12)16(3)8-11-4-5-17-9-11/h4-5,7,9-10,14H,6,8H2,1-3H3. The molecule has 0 fully saturated rings. The summed E-state index contributed by atoms with van der Waals surface area (Å²) in [7, 11) is 2.05. The van der Waals surface area contributed by atoms with Gasteiger partial charge >= 0.3 is 0 Å². The number of thiazole rings is 1. The first-order valence-corrected chi connectivity index (χ1v) is 6.87. The molecule has 0 aliphatic heterocycles. The summed E-state index contributed by atoms with van der Waals surface area (Å²) in [5.41, 5.74) is 1.16. The molecule has 4 nitrogen and oxygen atoms in total. The zero-order valence-corrected chi connectivity index (χ0v) is 11.8. The minimum Gasteiger partial charge on any atom is -0.472 e. The molecule has 2 rings (SSSR count). The molecule has 98 valence electrons. The van der Waals surface area contributed by atoms with Crippen LogP contribution >= 0.6 is 11.3 Å². The summed E-state index contributed by atoms with van der Waals surface area (Å²) in [6, 6.07) is 2.48. The summed E-state index contributed by atoms with van der Waals surface area (Å²) in [6.07, 6.45) is 5.41. The Hall–Kier alpha value is -1.33. The predicted molar refractivity (Wildman–Crippen MR) is 74.9 cm³/mol. The zero-order chi connectivity index (χ0) is 13.0. The van der Waals surface area contributed by atoms with Gasteiger partial charge in [0.05, 0.1) is 12.5 Å². The molecule has 0 bridgehead atoms. The Morgan fingerprint density at radius 1 is 1.50 bits per heavy atom. The summed E-state index contributed by atoms with van der Waals surface area (Å²) in [5.74, 6) is 0. The van der Waals surface area contributed by atoms with Crippen molar-refractivity contribution in [2.24, 2.45) is 0 Å². The van der Waals surface area contributed by atoms with E-state index in [2.05, 4.69) is 29.0 Å². The molecule has 0 amide bonds. The van der Waals surface area contributed by atoms with Crippen LogP contribution in [0.15, 0.2) is 29.2 Å². The molecule has 5 heteroatoms. The largest absolute Gasteiger partial charge is 0.472 e. The van der Waals surface area contributed by atoms with Crippen LogP contribution in [0.5, 0.6) is 0 Å². The summed E-state index contributed by atoms with van der Waals surface area (Å²) < 4.78 is 5.07. The van der Waals surface area contributed by atoms with Gasteiger partial charge in [0.25, 0.3) is 0 Å². The van der Waals surface area contributed by atoms with Gasteiger partial charge in [0.2, 0.25) is 0 Å². The van der Waals surface area contributed by atoms with Gasteiger partial charge in [-0.3, -0.25) is 0 Å². The predicted octanol–water partition coefficient (Wildman–Crippen LogP) is 2.87. The maximum atomic E-state index is 5.07. The molecular formula is C13H19N3OS. The average Bonchev–Trinajstić information content (AvgIpc) is 2.96. The SMILES string of the molecule is CC(C)NCc1cnc(N(C)Cc2ccoc2)s1. The first-order chi connectivity index (χ1) is 8.65. The second-order valence-corrected chi connectivity index (χ2v) is 5.73. The van der Waals surface area contributed by atoms with E-state index < -0.39 is 0 Å². The molecule has 18 heavy (non-hydrogen) atoms. The smallest absolute Gasteiger partial charge is 0.185 e. The second kappa shape index (κ2) is 6.02. The molecule has 0 aliphatic rings. The first kappa shape index (κ1) is 13.1. The van der Waals surface area contributed by atoms with Gasteiger partial charge in [-0.05, 0) is 6.07 Å². The van der Waals surface area contributed by atoms with Crippen molar-refractivity contribution < 1.29 is 4.42 Å². The van der Waals surface area contributed by atoms with Crippen molar-refractivity contribution in [2.75, 3.05) is 11.9 Å². The molecule has 1 N–H and O–H groups in total. The van der Waals surface area contributed by atoms with Crippen molar-refractivity contribution in [3.63, 3.8) is 0 Å². The molecule has 0 spiro atoms. The van der Waals surface area contributed by atoms with E-state index in [0.29, 0.717) is 6.04 Å². The van der Waals surface area contributed by atoms with E-state index in [0.717, 1.165) is 23.8 Å². The lowest BCUT2D eigenvalue weighted by Gasteiger charge is -2.13. The van der Waals surface area contributed by atoms with E-state index in [1.165, 1.54) is 4.88 Å². The third kappa shape index (κ3) is 3.58. The molecular weight excluding hydrogens is 246 g/mol. The molecule has 0 atom stereocenters. The fraction of sp³-hybridized carbons (Fsp3) is 0.462. The molecule has 0 saturated heterocycles. The molecule has 0 aromatic carbocycles. The minimum atomic E-state index is 0.499. The van der Waals surface area contributed by atoms with Crippen molar-refractivity contribution >= 4 is 16.5 Å². The van der Waals surface area contributed by atoms with Crippen LogP contribution in [0.25, 0.3) is 0 Å². The van der Waals surface area contributed by atoms with Gasteiger partial charge in [-0.1, -0.05) is 13.8 Å². The summed E-state index contributed by atoms with van der Waals surface area (Å²) in [5, 5.41) is 4.44. The van der Waals surface area contributed by atoms with Crippen LogP contribution in [-0.2, 0) is 13.1 Å². The number of aromatic nitrogens is 1. The van der Waals surface area contributed by atoms with Crippen LogP contribution in [-0.4, -0.2) is 18.1 Å². The third-order valence-corrected chi connectivity index (χ3v) is 3.66. The van der Waals surface area contributed by atoms with Crippen LogP contribution < -0.4 is 10.2 Å². The summed E-state index contributed by atoms with van der Waals surface area (Å²) >= 11 is 1.73. The van der Waals surface area contributed by atoms with E-state index in [4.69, 9.17) is 4.42 Å². The monoisotopic (exact) mass is 265 g/mol. The Labute approximate surface area is 112 Å². The fourth-order valence-corrected chi connectivity index (χ4v) is 2.41. The highest BCUT2D eigenvalue weighted by atomic mass is 32.1. The molecule has 0 aliphatic carbocycles. The van der Waals surface area contributed by atoms with Crippen molar-refractivity contribution in [1.29, 1.82) is 0 Å². The lowest BCUT2D eigenvalue weighted by molar-refractivity contribution is 0.563. The molecule has 2 aromatic heterocycles. The lowest BCUT2D eigenvalue weighted by Crippen LogP contribution is -2.21. The van der Waals surface area contributed by atoms with Gasteiger partial charge < -0.3 is 14.6 Å². The van der Waals surface area contributed by atoms with E-state index >= 15 is 0 Å². The Balaban J connectivity index is 1.92. The third-order valence-electron chi connectivity index (χ3n) is 2.55. The molecule has 0 radical (unpaired) electrons. The van der Waals surface area contributed by atoms with Crippen molar-refractivity contribution in [3.8, 4) is 0 Å². The van der Waals surface area contributed by atoms with Crippen LogP contribution in [0.2, 0.25) is 0 Å². The van der Waals surface area contributed by atoms with E-state index in [1.807, 2.05) is 19.3 Å². The fourth-order valence-electron chi connectivity index (χ4n) is 1.58. The van der Waals surface area contributed by atoms with Gasteiger partial charge in [-0.15, -0.1) is 11.3 Å². The maximum Gasteiger partial charge on any atom is 0.185 e. The first-order valence-electron chi connectivity index (χ1n) is 6.05. The van der Waals surface area contributed by atoms with Crippen LogP contribution in [0, 0.1) is 0 Å². The number of rotatable bonds is 6. The lowest BCUT2D eigenvalue weighted by atomic mass is 10.3. The number of nitrogens with one attached hydrogen (secondary N) is 1. The van der Waals surface area contributed by atoms with Gasteiger partial charge in [0.15, 0.2) is 5.13 Å². The quantitative estimate of drug-likeness (QED) is 0.872. The summed E-state index contributed by atoms with van der Waals surface area (Å²) in [4.78, 5) is 7.84. The number of hydrogen-bond acceptors (Lipinski definition) is 5. The highest BCUT2D eigenvalue weighted by Crippen LogP contribution is 2.22. The van der Waals surface area contributed by atoms with Crippen molar-refractivity contribution in [2.45, 2.75) is 33.0 Å². The van der Waals surface area contributed by atoms with Gasteiger partial charge in [-0.25, -0.2) is 4.98 Å². The van der Waals surface area contributed by atoms with Gasteiger partial charge in [0, 0.05) is 42.8 Å². The normalized spacial score (nSPS) is 11.1. The Morgan fingerprint density at radius 2 is 2.33 bits per heavy atom. The van der Waals surface area contributed by atoms with Gasteiger partial charge in [0.1, 0.15) is 0 Å². The van der Waals surface area contributed by atoms with Crippen LogP contribution in [0.3, 0.4) is 0 Å².